The molecule has 114 valence electrons. The number of rotatable bonds is 7. The Morgan fingerprint density at radius 2 is 1.90 bits per heavy atom. The largest absolute Gasteiger partial charge is 0.480 e. The fourth-order valence-corrected chi connectivity index (χ4v) is 1.94. The molecule has 0 heterocycles. The monoisotopic (exact) mass is 299 g/mol. The number of benzene rings is 1. The molecular weight excluding hydrogens is 284 g/mol. The maximum atomic E-state index is 12.0. The van der Waals surface area contributed by atoms with Gasteiger partial charge in [0.15, 0.2) is 0 Å². The molecule has 2 N–H and O–H groups in total. The van der Waals surface area contributed by atoms with Crippen LogP contribution in [0, 0.1) is 5.92 Å². The molecule has 5 nitrogen and oxygen atoms in total. The summed E-state index contributed by atoms with van der Waals surface area (Å²) in [5, 5.41) is 11.5. The van der Waals surface area contributed by atoms with E-state index in [1.807, 2.05) is 0 Å². The number of hydrogen-bond donors (Lipinski definition) is 2. The van der Waals surface area contributed by atoms with Crippen LogP contribution in [0.3, 0.4) is 0 Å². The third-order valence-electron chi connectivity index (χ3n) is 3.21. The van der Waals surface area contributed by atoms with Crippen LogP contribution in [0.4, 0.5) is 8.78 Å². The molecule has 21 heavy (non-hydrogen) atoms. The second-order valence-electron chi connectivity index (χ2n) is 4.95. The minimum absolute atomic E-state index is 0.0608. The first-order chi connectivity index (χ1) is 9.95. The van der Waals surface area contributed by atoms with E-state index in [1.54, 1.807) is 0 Å². The fourth-order valence-electron chi connectivity index (χ4n) is 1.94. The van der Waals surface area contributed by atoms with Crippen LogP contribution in [0.25, 0.3) is 0 Å². The zero-order valence-electron chi connectivity index (χ0n) is 11.1. The Balaban J connectivity index is 1.96. The van der Waals surface area contributed by atoms with Crippen molar-refractivity contribution in [3.05, 3.63) is 29.8 Å². The van der Waals surface area contributed by atoms with Crippen LogP contribution in [0.15, 0.2) is 24.3 Å². The summed E-state index contributed by atoms with van der Waals surface area (Å²) in [7, 11) is 0. The molecule has 0 bridgehead atoms. The molecule has 0 spiro atoms. The highest BCUT2D eigenvalue weighted by Crippen LogP contribution is 2.33. The summed E-state index contributed by atoms with van der Waals surface area (Å²) in [6.45, 7) is -2.93. The summed E-state index contributed by atoms with van der Waals surface area (Å²) in [6, 6.07) is 4.16. The van der Waals surface area contributed by atoms with Gasteiger partial charge in [-0.25, -0.2) is 4.79 Å². The van der Waals surface area contributed by atoms with Gasteiger partial charge in [0, 0.05) is 5.56 Å². The number of aliphatic carboxylic acids is 1. The topological polar surface area (TPSA) is 75.6 Å². The average Bonchev–Trinajstić information content (AvgIpc) is 3.22. The van der Waals surface area contributed by atoms with E-state index in [1.165, 1.54) is 24.3 Å². The number of amides is 1. The van der Waals surface area contributed by atoms with Crippen molar-refractivity contribution in [2.24, 2.45) is 5.92 Å². The first-order valence-electron chi connectivity index (χ1n) is 6.54. The Bertz CT molecular complexity index is 514. The summed E-state index contributed by atoms with van der Waals surface area (Å²) in [5.74, 6) is -1.33. The third kappa shape index (κ3) is 4.70. The van der Waals surface area contributed by atoms with Crippen LogP contribution >= 0.6 is 0 Å². The number of alkyl halides is 2. The molecule has 1 saturated carbocycles. The van der Waals surface area contributed by atoms with Crippen LogP contribution < -0.4 is 10.1 Å². The summed E-state index contributed by atoms with van der Waals surface area (Å²) >= 11 is 0. The van der Waals surface area contributed by atoms with Crippen molar-refractivity contribution in [2.45, 2.75) is 31.9 Å². The summed E-state index contributed by atoms with van der Waals surface area (Å²) in [5.41, 5.74) is 0.193. The molecule has 1 aromatic carbocycles. The van der Waals surface area contributed by atoms with Crippen LogP contribution in [-0.2, 0) is 4.79 Å². The van der Waals surface area contributed by atoms with Crippen LogP contribution in [0.2, 0.25) is 0 Å². The maximum Gasteiger partial charge on any atom is 0.387 e. The lowest BCUT2D eigenvalue weighted by Crippen LogP contribution is -2.41. The normalized spacial score (nSPS) is 15.6. The molecule has 1 aromatic rings. The van der Waals surface area contributed by atoms with Gasteiger partial charge in [-0.3, -0.25) is 4.79 Å². The molecule has 7 heteroatoms. The summed E-state index contributed by atoms with van der Waals surface area (Å²) in [4.78, 5) is 23.0. The number of nitrogens with one attached hydrogen (secondary N) is 1. The van der Waals surface area contributed by atoms with Crippen molar-refractivity contribution in [2.75, 3.05) is 0 Å². The molecular formula is C14H15F2NO4. The molecule has 1 atom stereocenters. The molecule has 2 rings (SSSR count). The van der Waals surface area contributed by atoms with Gasteiger partial charge in [0.25, 0.3) is 5.91 Å². The van der Waals surface area contributed by atoms with E-state index in [2.05, 4.69) is 10.1 Å². The Kier molecular flexibility index (Phi) is 4.72. The highest BCUT2D eigenvalue weighted by molar-refractivity contribution is 5.96. The van der Waals surface area contributed by atoms with Crippen LogP contribution in [0.1, 0.15) is 29.6 Å². The highest BCUT2D eigenvalue weighted by Gasteiger charge is 2.30. The standard InChI is InChI=1S/C14H15F2NO4/c15-14(16)21-10-5-3-9(4-6-10)12(18)17-11(13(19)20)7-8-1-2-8/h3-6,8,11,14H,1-2,7H2,(H,17,18)(H,19,20). The van der Waals surface area contributed by atoms with Crippen molar-refractivity contribution < 1.29 is 28.2 Å². The van der Waals surface area contributed by atoms with Crippen molar-refractivity contribution in [1.29, 1.82) is 0 Å². The van der Waals surface area contributed by atoms with Gasteiger partial charge < -0.3 is 15.2 Å². The van der Waals surface area contributed by atoms with Gasteiger partial charge in [-0.15, -0.1) is 0 Å². The first kappa shape index (κ1) is 15.2. The molecule has 0 radical (unpaired) electrons. The number of carboxylic acid groups (broad SMARTS) is 1. The molecule has 1 aliphatic rings. The summed E-state index contributed by atoms with van der Waals surface area (Å²) in [6.07, 6.45) is 2.38. The third-order valence-corrected chi connectivity index (χ3v) is 3.21. The lowest BCUT2D eigenvalue weighted by molar-refractivity contribution is -0.139. The maximum absolute atomic E-state index is 12.0. The van der Waals surface area contributed by atoms with E-state index < -0.39 is 24.5 Å². The number of ether oxygens (including phenoxy) is 1. The first-order valence-corrected chi connectivity index (χ1v) is 6.54. The smallest absolute Gasteiger partial charge is 0.387 e. The predicted molar refractivity (Wildman–Crippen MR) is 69.3 cm³/mol. The van der Waals surface area contributed by atoms with Crippen molar-refractivity contribution in [3.63, 3.8) is 0 Å². The van der Waals surface area contributed by atoms with Gasteiger partial charge in [-0.2, -0.15) is 8.78 Å². The second kappa shape index (κ2) is 6.51. The minimum atomic E-state index is -2.93. The van der Waals surface area contributed by atoms with Gasteiger partial charge in [0.2, 0.25) is 0 Å². The second-order valence-corrected chi connectivity index (χ2v) is 4.95. The van der Waals surface area contributed by atoms with E-state index in [4.69, 9.17) is 5.11 Å². The zero-order valence-corrected chi connectivity index (χ0v) is 11.1. The average molecular weight is 299 g/mol. The van der Waals surface area contributed by atoms with Crippen molar-refractivity contribution >= 4 is 11.9 Å². The van der Waals surface area contributed by atoms with E-state index in [0.717, 1.165) is 12.8 Å². The Labute approximate surface area is 119 Å². The van der Waals surface area contributed by atoms with Crippen molar-refractivity contribution in [1.82, 2.24) is 5.32 Å². The Hall–Kier alpha value is -2.18. The van der Waals surface area contributed by atoms with E-state index in [-0.39, 0.29) is 11.3 Å². The SMILES string of the molecule is O=C(NC(CC1CC1)C(=O)O)c1ccc(OC(F)F)cc1. The van der Waals surface area contributed by atoms with E-state index in [0.29, 0.717) is 12.3 Å². The zero-order chi connectivity index (χ0) is 15.4. The number of carbonyl (C=O) groups is 2. The van der Waals surface area contributed by atoms with E-state index in [9.17, 15) is 18.4 Å². The van der Waals surface area contributed by atoms with E-state index >= 15 is 0 Å². The predicted octanol–water partition coefficient (Wildman–Crippen LogP) is 2.27. The lowest BCUT2D eigenvalue weighted by atomic mass is 10.1. The molecule has 1 aliphatic carbocycles. The van der Waals surface area contributed by atoms with Gasteiger partial charge in [0.1, 0.15) is 11.8 Å². The highest BCUT2D eigenvalue weighted by atomic mass is 19.3. The van der Waals surface area contributed by atoms with Gasteiger partial charge in [-0.05, 0) is 36.6 Å². The number of carbonyl (C=O) groups excluding carboxylic acids is 1. The molecule has 1 unspecified atom stereocenters. The number of hydrogen-bond acceptors (Lipinski definition) is 3. The van der Waals surface area contributed by atoms with Gasteiger partial charge in [0.05, 0.1) is 0 Å². The Morgan fingerprint density at radius 1 is 1.29 bits per heavy atom. The number of carboxylic acids is 1. The van der Waals surface area contributed by atoms with Gasteiger partial charge >= 0.3 is 12.6 Å². The van der Waals surface area contributed by atoms with Crippen LogP contribution in [-0.4, -0.2) is 29.6 Å². The minimum Gasteiger partial charge on any atom is -0.480 e. The Morgan fingerprint density at radius 3 is 2.38 bits per heavy atom. The molecule has 0 saturated heterocycles. The fraction of sp³-hybridized carbons (Fsp3) is 0.429. The number of halogens is 2. The van der Waals surface area contributed by atoms with Gasteiger partial charge in [-0.1, -0.05) is 12.8 Å². The van der Waals surface area contributed by atoms with Crippen molar-refractivity contribution in [3.8, 4) is 5.75 Å². The lowest BCUT2D eigenvalue weighted by Gasteiger charge is -2.14. The summed E-state index contributed by atoms with van der Waals surface area (Å²) < 4.78 is 28.2. The van der Waals surface area contributed by atoms with Crippen LogP contribution in [0.5, 0.6) is 5.75 Å². The quantitative estimate of drug-likeness (QED) is 0.810. The molecule has 0 aromatic heterocycles. The molecule has 0 aliphatic heterocycles. The molecule has 1 amide bonds. The molecule has 1 fully saturated rings.